The predicted octanol–water partition coefficient (Wildman–Crippen LogP) is 2.59. The predicted molar refractivity (Wildman–Crippen MR) is 86.6 cm³/mol. The van der Waals surface area contributed by atoms with E-state index in [1.807, 2.05) is 12.1 Å². The van der Waals surface area contributed by atoms with E-state index in [1.54, 1.807) is 0 Å². The summed E-state index contributed by atoms with van der Waals surface area (Å²) in [6.07, 6.45) is 2.60. The van der Waals surface area contributed by atoms with Crippen LogP contribution in [0.25, 0.3) is 0 Å². The van der Waals surface area contributed by atoms with Crippen molar-refractivity contribution < 1.29 is 0 Å². The number of halogens is 1. The Hall–Kier alpha value is -0.650. The van der Waals surface area contributed by atoms with Crippen LogP contribution in [-0.4, -0.2) is 35.6 Å². The lowest BCUT2D eigenvalue weighted by molar-refractivity contribution is 0.0975. The molecule has 0 aromatic heterocycles. The molecule has 1 unspecified atom stereocenters. The molecule has 3 nitrogen and oxygen atoms in total. The van der Waals surface area contributed by atoms with Crippen molar-refractivity contribution in [1.82, 2.24) is 4.90 Å². The molecule has 3 N–H and O–H groups in total. The fourth-order valence-electron chi connectivity index (χ4n) is 3.17. The van der Waals surface area contributed by atoms with E-state index in [0.717, 1.165) is 28.2 Å². The average Bonchev–Trinajstić information content (AvgIpc) is 2.42. The molecule has 0 saturated carbocycles. The van der Waals surface area contributed by atoms with Gasteiger partial charge in [-0.05, 0) is 50.0 Å². The average molecular weight is 340 g/mol. The number of thiocarbonyl (C=S) groups is 1. The van der Waals surface area contributed by atoms with Crippen LogP contribution >= 0.6 is 28.1 Å². The van der Waals surface area contributed by atoms with Crippen molar-refractivity contribution in [2.75, 3.05) is 25.0 Å². The number of fused-ring (bicyclic) bond motifs is 3. The SMILES string of the molecule is NC(=S)c1cc(Br)ccc1NC1CN2CCC1CC2. The molecule has 3 saturated heterocycles. The van der Waals surface area contributed by atoms with Crippen LogP contribution in [0.1, 0.15) is 18.4 Å². The van der Waals surface area contributed by atoms with Crippen LogP contribution in [0.15, 0.2) is 22.7 Å². The number of benzene rings is 1. The van der Waals surface area contributed by atoms with Gasteiger partial charge in [0.05, 0.1) is 0 Å². The standard InChI is InChI=1S/C14H18BrN3S/c15-10-1-2-12(11(7-10)14(16)19)17-13-8-18-5-3-9(13)4-6-18/h1-2,7,9,13,17H,3-6,8H2,(H2,16,19). The quantitative estimate of drug-likeness (QED) is 0.830. The van der Waals surface area contributed by atoms with E-state index < -0.39 is 0 Å². The normalized spacial score (nSPS) is 29.2. The van der Waals surface area contributed by atoms with E-state index in [1.165, 1.54) is 25.9 Å². The summed E-state index contributed by atoms with van der Waals surface area (Å²) in [5, 5.41) is 3.66. The van der Waals surface area contributed by atoms with Crippen molar-refractivity contribution in [2.24, 2.45) is 11.7 Å². The summed E-state index contributed by atoms with van der Waals surface area (Å²) in [4.78, 5) is 2.99. The lowest BCUT2D eigenvalue weighted by atomic mass is 9.84. The first-order valence-corrected chi connectivity index (χ1v) is 7.92. The molecule has 2 bridgehead atoms. The first kappa shape index (κ1) is 13.3. The van der Waals surface area contributed by atoms with E-state index >= 15 is 0 Å². The molecule has 102 valence electrons. The number of hydrogen-bond acceptors (Lipinski definition) is 3. The zero-order valence-electron chi connectivity index (χ0n) is 10.7. The molecule has 3 fully saturated rings. The fourth-order valence-corrected chi connectivity index (χ4v) is 3.70. The molecular formula is C14H18BrN3S. The second kappa shape index (κ2) is 5.38. The molecule has 0 aliphatic carbocycles. The molecule has 0 spiro atoms. The number of anilines is 1. The molecule has 1 aromatic carbocycles. The summed E-state index contributed by atoms with van der Waals surface area (Å²) >= 11 is 8.62. The number of nitrogens with one attached hydrogen (secondary N) is 1. The van der Waals surface area contributed by atoms with Crippen LogP contribution in [0, 0.1) is 5.92 Å². The molecule has 3 heterocycles. The van der Waals surface area contributed by atoms with Gasteiger partial charge in [0.15, 0.2) is 0 Å². The number of nitrogens with zero attached hydrogens (tertiary/aromatic N) is 1. The molecule has 1 aromatic rings. The van der Waals surface area contributed by atoms with E-state index in [9.17, 15) is 0 Å². The molecule has 3 aliphatic heterocycles. The zero-order chi connectivity index (χ0) is 13.4. The highest BCUT2D eigenvalue weighted by Gasteiger charge is 2.34. The highest BCUT2D eigenvalue weighted by atomic mass is 79.9. The zero-order valence-corrected chi connectivity index (χ0v) is 13.1. The fraction of sp³-hybridized carbons (Fsp3) is 0.500. The van der Waals surface area contributed by atoms with Gasteiger partial charge in [0, 0.05) is 28.3 Å². The van der Waals surface area contributed by atoms with Crippen LogP contribution in [-0.2, 0) is 0 Å². The summed E-state index contributed by atoms with van der Waals surface area (Å²) in [5.41, 5.74) is 7.82. The maximum atomic E-state index is 5.82. The molecular weight excluding hydrogens is 322 g/mol. The van der Waals surface area contributed by atoms with Crippen molar-refractivity contribution in [2.45, 2.75) is 18.9 Å². The summed E-state index contributed by atoms with van der Waals surface area (Å²) in [7, 11) is 0. The molecule has 5 heteroatoms. The Labute approximate surface area is 127 Å². The molecule has 0 amide bonds. The third-order valence-electron chi connectivity index (χ3n) is 4.24. The first-order valence-electron chi connectivity index (χ1n) is 6.72. The van der Waals surface area contributed by atoms with Crippen molar-refractivity contribution in [3.63, 3.8) is 0 Å². The minimum absolute atomic E-state index is 0.449. The number of piperidine rings is 3. The Bertz CT molecular complexity index is 497. The first-order chi connectivity index (χ1) is 9.13. The molecule has 3 aliphatic rings. The van der Waals surface area contributed by atoms with Crippen LogP contribution in [0.5, 0.6) is 0 Å². The number of nitrogens with two attached hydrogens (primary N) is 1. The summed E-state index contributed by atoms with van der Waals surface area (Å²) in [5.74, 6) is 0.785. The second-order valence-electron chi connectivity index (χ2n) is 5.44. The Morgan fingerprint density at radius 1 is 1.37 bits per heavy atom. The van der Waals surface area contributed by atoms with Crippen molar-refractivity contribution in [1.29, 1.82) is 0 Å². The van der Waals surface area contributed by atoms with Crippen molar-refractivity contribution in [3.8, 4) is 0 Å². The molecule has 0 radical (unpaired) electrons. The minimum Gasteiger partial charge on any atom is -0.389 e. The Balaban J connectivity index is 1.81. The van der Waals surface area contributed by atoms with Gasteiger partial charge >= 0.3 is 0 Å². The van der Waals surface area contributed by atoms with Crippen LogP contribution in [0.3, 0.4) is 0 Å². The van der Waals surface area contributed by atoms with Crippen molar-refractivity contribution >= 4 is 38.8 Å². The Morgan fingerprint density at radius 2 is 2.11 bits per heavy atom. The summed E-state index contributed by atoms with van der Waals surface area (Å²) in [6.45, 7) is 3.65. The van der Waals surface area contributed by atoms with Gasteiger partial charge in [-0.3, -0.25) is 0 Å². The van der Waals surface area contributed by atoms with Gasteiger partial charge in [-0.25, -0.2) is 0 Å². The topological polar surface area (TPSA) is 41.3 Å². The van der Waals surface area contributed by atoms with Crippen molar-refractivity contribution in [3.05, 3.63) is 28.2 Å². The van der Waals surface area contributed by atoms with E-state index in [4.69, 9.17) is 18.0 Å². The maximum Gasteiger partial charge on any atom is 0.106 e. The number of rotatable bonds is 3. The lowest BCUT2D eigenvalue weighted by Crippen LogP contribution is -2.53. The third-order valence-corrected chi connectivity index (χ3v) is 4.96. The second-order valence-corrected chi connectivity index (χ2v) is 6.80. The van der Waals surface area contributed by atoms with Gasteiger partial charge in [0.2, 0.25) is 0 Å². The largest absolute Gasteiger partial charge is 0.389 e. The van der Waals surface area contributed by atoms with E-state index in [2.05, 4.69) is 32.2 Å². The Morgan fingerprint density at radius 3 is 2.68 bits per heavy atom. The summed E-state index contributed by atoms with van der Waals surface area (Å²) < 4.78 is 1.01. The van der Waals surface area contributed by atoms with Gasteiger partial charge < -0.3 is 16.0 Å². The van der Waals surface area contributed by atoms with Gasteiger partial charge in [-0.1, -0.05) is 28.1 Å². The smallest absolute Gasteiger partial charge is 0.106 e. The molecule has 19 heavy (non-hydrogen) atoms. The minimum atomic E-state index is 0.449. The monoisotopic (exact) mass is 339 g/mol. The van der Waals surface area contributed by atoms with E-state index in [0.29, 0.717) is 11.0 Å². The van der Waals surface area contributed by atoms with Crippen LogP contribution < -0.4 is 11.1 Å². The number of hydrogen-bond donors (Lipinski definition) is 2. The van der Waals surface area contributed by atoms with Crippen LogP contribution in [0.2, 0.25) is 0 Å². The summed E-state index contributed by atoms with van der Waals surface area (Å²) in [6, 6.07) is 6.62. The van der Waals surface area contributed by atoms with Gasteiger partial charge in [-0.2, -0.15) is 0 Å². The lowest BCUT2D eigenvalue weighted by Gasteiger charge is -2.45. The van der Waals surface area contributed by atoms with Crippen LogP contribution in [0.4, 0.5) is 5.69 Å². The van der Waals surface area contributed by atoms with Gasteiger partial charge in [-0.15, -0.1) is 0 Å². The highest BCUT2D eigenvalue weighted by molar-refractivity contribution is 9.10. The van der Waals surface area contributed by atoms with Gasteiger partial charge in [0.1, 0.15) is 4.99 Å². The molecule has 4 rings (SSSR count). The third kappa shape index (κ3) is 2.78. The highest BCUT2D eigenvalue weighted by Crippen LogP contribution is 2.31. The van der Waals surface area contributed by atoms with E-state index in [-0.39, 0.29) is 0 Å². The van der Waals surface area contributed by atoms with Gasteiger partial charge in [0.25, 0.3) is 0 Å². The maximum absolute atomic E-state index is 5.82. The molecule has 1 atom stereocenters. The Kier molecular flexibility index (Phi) is 3.78.